The van der Waals surface area contributed by atoms with E-state index in [1.807, 2.05) is 0 Å². The Balaban J connectivity index is 2.36. The molecule has 1 aromatic heterocycles. The minimum atomic E-state index is -0.797. The summed E-state index contributed by atoms with van der Waals surface area (Å²) in [6.45, 7) is 4.92. The van der Waals surface area contributed by atoms with Crippen molar-refractivity contribution >= 4 is 17.5 Å². The number of hydrogen-bond donors (Lipinski definition) is 0. The van der Waals surface area contributed by atoms with Crippen LogP contribution in [0.25, 0.3) is 0 Å². The molecule has 2 rings (SSSR count). The Bertz CT molecular complexity index is 794. The molecule has 0 unspecified atom stereocenters. The van der Waals surface area contributed by atoms with Gasteiger partial charge in [0.15, 0.2) is 5.78 Å². The zero-order chi connectivity index (χ0) is 17.9. The average molecular weight is 335 g/mol. The number of Topliss-reactive ketones (excluding diaryl/α,β-unsaturated/α-hetero) is 1. The molecule has 1 aromatic carbocycles. The van der Waals surface area contributed by atoms with Gasteiger partial charge in [-0.15, -0.1) is 4.68 Å². The molecule has 0 bridgehead atoms. The van der Waals surface area contributed by atoms with Crippen LogP contribution in [0.5, 0.6) is 0 Å². The van der Waals surface area contributed by atoms with Crippen molar-refractivity contribution in [2.24, 2.45) is 0 Å². The second-order valence-electron chi connectivity index (χ2n) is 5.45. The van der Waals surface area contributed by atoms with Crippen molar-refractivity contribution < 1.29 is 14.0 Å². The zero-order valence-electron chi connectivity index (χ0n) is 13.6. The van der Waals surface area contributed by atoms with Gasteiger partial charge in [0.05, 0.1) is 0 Å². The Morgan fingerprint density at radius 1 is 1.21 bits per heavy atom. The molecule has 9 heteroatoms. The number of tetrazole rings is 1. The Labute approximate surface area is 137 Å². The molecule has 0 N–H and O–H groups in total. The van der Waals surface area contributed by atoms with Crippen molar-refractivity contribution in [1.29, 1.82) is 0 Å². The molecule has 1 amide bonds. The normalized spacial score (nSPS) is 10.9. The first-order chi connectivity index (χ1) is 11.3. The van der Waals surface area contributed by atoms with Gasteiger partial charge in [0.2, 0.25) is 0 Å². The van der Waals surface area contributed by atoms with Crippen LogP contribution < -0.4 is 10.6 Å². The molecule has 24 heavy (non-hydrogen) atoms. The second-order valence-corrected chi connectivity index (χ2v) is 5.45. The van der Waals surface area contributed by atoms with Crippen molar-refractivity contribution in [3.63, 3.8) is 0 Å². The van der Waals surface area contributed by atoms with Crippen LogP contribution in [0.3, 0.4) is 0 Å². The first kappa shape index (κ1) is 17.5. The number of nitrogens with zero attached hydrogens (tertiary/aromatic N) is 5. The second kappa shape index (κ2) is 7.16. The van der Waals surface area contributed by atoms with E-state index >= 15 is 0 Å². The molecule has 0 saturated carbocycles. The minimum absolute atomic E-state index is 0.198. The van der Waals surface area contributed by atoms with Crippen LogP contribution in [-0.2, 0) is 11.3 Å². The Hall–Kier alpha value is -2.84. The summed E-state index contributed by atoms with van der Waals surface area (Å²) in [5.41, 5.74) is -0.378. The summed E-state index contributed by atoms with van der Waals surface area (Å²) in [7, 11) is 0. The molecular formula is C15H18FN5O3. The Morgan fingerprint density at radius 2 is 1.83 bits per heavy atom. The first-order valence-electron chi connectivity index (χ1n) is 7.48. The lowest BCUT2D eigenvalue weighted by molar-refractivity contribution is -0.119. The van der Waals surface area contributed by atoms with Crippen molar-refractivity contribution in [2.45, 2.75) is 39.8 Å². The predicted molar refractivity (Wildman–Crippen MR) is 84.4 cm³/mol. The topological polar surface area (TPSA) is 90.1 Å². The highest BCUT2D eigenvalue weighted by molar-refractivity contribution is 5.93. The lowest BCUT2D eigenvalue weighted by Crippen LogP contribution is -2.45. The maximum absolute atomic E-state index is 13.1. The molecule has 0 atom stereocenters. The molecule has 8 nitrogen and oxygen atoms in total. The number of ketones is 1. The Morgan fingerprint density at radius 3 is 2.38 bits per heavy atom. The maximum Gasteiger partial charge on any atom is 0.372 e. The van der Waals surface area contributed by atoms with Crippen LogP contribution in [0.2, 0.25) is 0 Å². The summed E-state index contributed by atoms with van der Waals surface area (Å²) in [6, 6.07) is 4.27. The number of rotatable bonds is 5. The van der Waals surface area contributed by atoms with Gasteiger partial charge in [-0.2, -0.15) is 4.68 Å². The van der Waals surface area contributed by atoms with Crippen molar-refractivity contribution in [3.05, 3.63) is 40.6 Å². The molecule has 0 aliphatic rings. The molecule has 0 radical (unpaired) electrons. The summed E-state index contributed by atoms with van der Waals surface area (Å²) in [6.07, 6.45) is 0.251. The third kappa shape index (κ3) is 3.55. The fourth-order valence-corrected chi connectivity index (χ4v) is 2.11. The van der Waals surface area contributed by atoms with Crippen molar-refractivity contribution in [3.8, 4) is 0 Å². The fraction of sp³-hybridized carbons (Fsp3) is 0.400. The third-order valence-electron chi connectivity index (χ3n) is 3.37. The Kier molecular flexibility index (Phi) is 5.22. The van der Waals surface area contributed by atoms with Crippen LogP contribution in [0.4, 0.5) is 14.9 Å². The van der Waals surface area contributed by atoms with Gasteiger partial charge in [-0.05, 0) is 48.5 Å². The highest BCUT2D eigenvalue weighted by Crippen LogP contribution is 2.18. The van der Waals surface area contributed by atoms with Gasteiger partial charge in [0.1, 0.15) is 12.4 Å². The van der Waals surface area contributed by atoms with Gasteiger partial charge >= 0.3 is 11.7 Å². The quantitative estimate of drug-likeness (QED) is 0.771. The van der Waals surface area contributed by atoms with E-state index in [0.29, 0.717) is 10.4 Å². The monoisotopic (exact) mass is 335 g/mol. The van der Waals surface area contributed by atoms with E-state index in [-0.39, 0.29) is 24.8 Å². The number of carbonyl (C=O) groups is 2. The molecule has 0 aliphatic carbocycles. The highest BCUT2D eigenvalue weighted by Gasteiger charge is 2.25. The molecule has 1 heterocycles. The lowest BCUT2D eigenvalue weighted by atomic mass is 10.2. The van der Waals surface area contributed by atoms with Gasteiger partial charge < -0.3 is 0 Å². The summed E-state index contributed by atoms with van der Waals surface area (Å²) in [4.78, 5) is 37.6. The number of amides is 1. The van der Waals surface area contributed by atoms with Gasteiger partial charge in [0, 0.05) is 18.2 Å². The first-order valence-corrected chi connectivity index (χ1v) is 7.48. The number of anilines is 1. The van der Waals surface area contributed by atoms with Gasteiger partial charge in [-0.1, -0.05) is 6.92 Å². The van der Waals surface area contributed by atoms with E-state index in [1.54, 1.807) is 20.8 Å². The van der Waals surface area contributed by atoms with Crippen LogP contribution in [0.1, 0.15) is 27.2 Å². The highest BCUT2D eigenvalue weighted by atomic mass is 19.1. The molecule has 0 fully saturated rings. The fourth-order valence-electron chi connectivity index (χ4n) is 2.11. The van der Waals surface area contributed by atoms with E-state index in [9.17, 15) is 18.8 Å². The molecule has 0 saturated heterocycles. The summed E-state index contributed by atoms with van der Waals surface area (Å²) in [5.74, 6) is -0.632. The molecule has 0 aliphatic heterocycles. The standard InChI is InChI=1S/C15H18FN5O3/c1-4-13(22)9-19-14(23)21(18-17-19)15(24)20(10(2)3)12-7-5-11(16)6-8-12/h5-8,10H,4,9H2,1-3H3. The van der Waals surface area contributed by atoms with E-state index in [1.165, 1.54) is 29.2 Å². The van der Waals surface area contributed by atoms with E-state index in [4.69, 9.17) is 0 Å². The van der Waals surface area contributed by atoms with Gasteiger partial charge in [-0.25, -0.2) is 14.0 Å². The van der Waals surface area contributed by atoms with E-state index in [2.05, 4.69) is 10.4 Å². The van der Waals surface area contributed by atoms with Gasteiger partial charge in [0.25, 0.3) is 0 Å². The lowest BCUT2D eigenvalue weighted by Gasteiger charge is -2.25. The number of hydrogen-bond acceptors (Lipinski definition) is 5. The van der Waals surface area contributed by atoms with Crippen LogP contribution in [0, 0.1) is 5.82 Å². The van der Waals surface area contributed by atoms with Crippen LogP contribution >= 0.6 is 0 Å². The average Bonchev–Trinajstić information content (AvgIpc) is 2.90. The summed E-state index contributed by atoms with van der Waals surface area (Å²) >= 11 is 0. The number of aromatic nitrogens is 4. The van der Waals surface area contributed by atoms with E-state index < -0.39 is 17.5 Å². The minimum Gasteiger partial charge on any atom is -0.298 e. The smallest absolute Gasteiger partial charge is 0.298 e. The SMILES string of the molecule is CCC(=O)Cn1nnn(C(=O)N(c2ccc(F)cc2)C(C)C)c1=O. The third-order valence-corrected chi connectivity index (χ3v) is 3.37. The largest absolute Gasteiger partial charge is 0.372 e. The molecule has 0 spiro atoms. The number of halogens is 1. The van der Waals surface area contributed by atoms with Crippen LogP contribution in [-0.4, -0.2) is 37.6 Å². The molecular weight excluding hydrogens is 317 g/mol. The number of benzene rings is 1. The maximum atomic E-state index is 13.1. The summed E-state index contributed by atoms with van der Waals surface area (Å²) < 4.78 is 14.5. The van der Waals surface area contributed by atoms with E-state index in [0.717, 1.165) is 4.68 Å². The molecule has 128 valence electrons. The zero-order valence-corrected chi connectivity index (χ0v) is 13.6. The van der Waals surface area contributed by atoms with Gasteiger partial charge in [-0.3, -0.25) is 9.69 Å². The van der Waals surface area contributed by atoms with Crippen LogP contribution in [0.15, 0.2) is 29.1 Å². The molecule has 2 aromatic rings. The van der Waals surface area contributed by atoms with Crippen molar-refractivity contribution in [2.75, 3.05) is 4.90 Å². The summed E-state index contributed by atoms with van der Waals surface area (Å²) in [5, 5.41) is 7.11. The number of carbonyl (C=O) groups excluding carboxylic acids is 2. The predicted octanol–water partition coefficient (Wildman–Crippen LogP) is 1.44. The van der Waals surface area contributed by atoms with Crippen molar-refractivity contribution in [1.82, 2.24) is 19.8 Å².